The second-order valence-corrected chi connectivity index (χ2v) is 4.83. The van der Waals surface area contributed by atoms with E-state index >= 15 is 0 Å². The van der Waals surface area contributed by atoms with Crippen LogP contribution in [0, 0.1) is 5.41 Å². The van der Waals surface area contributed by atoms with E-state index in [0.717, 1.165) is 6.26 Å². The molecular weight excluding hydrogens is 152 g/mol. The zero-order chi connectivity index (χ0) is 8.36. The Morgan fingerprint density at radius 1 is 1.70 bits per heavy atom. The minimum Gasteiger partial charge on any atom is -0.388 e. The summed E-state index contributed by atoms with van der Waals surface area (Å²) in [4.78, 5) is 0. The molecule has 0 rings (SSSR count). The normalized spacial score (nSPS) is 14.6. The first-order chi connectivity index (χ1) is 4.34. The standard InChI is InChI=1S/C5H12N2O2S/c1-4(3-5(6)7)10(2,8)9/h4H,3H2,1-2H3,(H3,6,7)/t4-/m0/s1. The van der Waals surface area contributed by atoms with Gasteiger partial charge >= 0.3 is 0 Å². The zero-order valence-electron chi connectivity index (χ0n) is 6.09. The molecule has 0 aliphatic carbocycles. The fourth-order valence-corrected chi connectivity index (χ4v) is 0.943. The maximum atomic E-state index is 10.7. The van der Waals surface area contributed by atoms with E-state index in [-0.39, 0.29) is 12.3 Å². The summed E-state index contributed by atoms with van der Waals surface area (Å²) in [6.45, 7) is 1.54. The maximum absolute atomic E-state index is 10.7. The van der Waals surface area contributed by atoms with Gasteiger partial charge in [-0.3, -0.25) is 5.41 Å². The predicted octanol–water partition coefficient (Wildman–Crippen LogP) is -0.254. The van der Waals surface area contributed by atoms with Crippen molar-refractivity contribution < 1.29 is 8.42 Å². The first kappa shape index (κ1) is 9.42. The highest BCUT2D eigenvalue weighted by Gasteiger charge is 2.14. The summed E-state index contributed by atoms with van der Waals surface area (Å²) in [5.74, 6) is -0.0853. The van der Waals surface area contributed by atoms with Crippen molar-refractivity contribution in [1.82, 2.24) is 0 Å². The van der Waals surface area contributed by atoms with Crippen LogP contribution in [0.3, 0.4) is 0 Å². The number of rotatable bonds is 3. The Hall–Kier alpha value is -0.580. The van der Waals surface area contributed by atoms with E-state index < -0.39 is 15.1 Å². The molecule has 0 spiro atoms. The Balaban J connectivity index is 4.12. The van der Waals surface area contributed by atoms with Crippen LogP contribution in [0.1, 0.15) is 13.3 Å². The van der Waals surface area contributed by atoms with Gasteiger partial charge in [-0.25, -0.2) is 8.42 Å². The average Bonchev–Trinajstić information content (AvgIpc) is 1.60. The lowest BCUT2D eigenvalue weighted by Crippen LogP contribution is -2.23. The summed E-state index contributed by atoms with van der Waals surface area (Å²) < 4.78 is 21.4. The van der Waals surface area contributed by atoms with E-state index in [0.29, 0.717) is 0 Å². The van der Waals surface area contributed by atoms with Crippen LogP contribution >= 0.6 is 0 Å². The molecule has 0 unspecified atom stereocenters. The predicted molar refractivity (Wildman–Crippen MR) is 40.8 cm³/mol. The Labute approximate surface area is 60.8 Å². The molecule has 5 heteroatoms. The zero-order valence-corrected chi connectivity index (χ0v) is 6.90. The van der Waals surface area contributed by atoms with Gasteiger partial charge in [0.05, 0.1) is 11.1 Å². The summed E-state index contributed by atoms with van der Waals surface area (Å²) in [7, 11) is -3.02. The van der Waals surface area contributed by atoms with Crippen LogP contribution in [0.4, 0.5) is 0 Å². The quantitative estimate of drug-likeness (QED) is 0.445. The van der Waals surface area contributed by atoms with Crippen molar-refractivity contribution in [2.75, 3.05) is 6.26 Å². The first-order valence-electron chi connectivity index (χ1n) is 2.86. The van der Waals surface area contributed by atoms with Crippen molar-refractivity contribution in [1.29, 1.82) is 5.41 Å². The summed E-state index contributed by atoms with van der Waals surface area (Å²) in [6.07, 6.45) is 1.26. The molecule has 0 saturated heterocycles. The van der Waals surface area contributed by atoms with Gasteiger partial charge in [-0.1, -0.05) is 0 Å². The number of hydrogen-bond donors (Lipinski definition) is 2. The van der Waals surface area contributed by atoms with E-state index in [9.17, 15) is 8.42 Å². The van der Waals surface area contributed by atoms with Crippen LogP contribution in [-0.4, -0.2) is 25.8 Å². The molecule has 0 aromatic rings. The molecule has 0 saturated carbocycles. The van der Waals surface area contributed by atoms with Crippen molar-refractivity contribution in [3.63, 3.8) is 0 Å². The molecule has 60 valence electrons. The number of sulfone groups is 1. The molecule has 0 aromatic carbocycles. The summed E-state index contributed by atoms with van der Waals surface area (Å²) in [6, 6.07) is 0. The molecule has 0 aromatic heterocycles. The van der Waals surface area contributed by atoms with Gasteiger partial charge < -0.3 is 5.73 Å². The number of hydrogen-bond acceptors (Lipinski definition) is 3. The van der Waals surface area contributed by atoms with Crippen LogP contribution < -0.4 is 5.73 Å². The van der Waals surface area contributed by atoms with Crippen LogP contribution in [0.5, 0.6) is 0 Å². The summed E-state index contributed by atoms with van der Waals surface area (Å²) in [5.41, 5.74) is 5.01. The fourth-order valence-electron chi connectivity index (χ4n) is 0.461. The molecule has 10 heavy (non-hydrogen) atoms. The van der Waals surface area contributed by atoms with Crippen molar-refractivity contribution >= 4 is 15.7 Å². The lowest BCUT2D eigenvalue weighted by molar-refractivity contribution is 0.590. The lowest BCUT2D eigenvalue weighted by atomic mass is 10.3. The monoisotopic (exact) mass is 164 g/mol. The molecule has 1 atom stereocenters. The van der Waals surface area contributed by atoms with Crippen LogP contribution in [0.25, 0.3) is 0 Å². The average molecular weight is 164 g/mol. The molecule has 0 bridgehead atoms. The van der Waals surface area contributed by atoms with Gasteiger partial charge in [0.15, 0.2) is 0 Å². The lowest BCUT2D eigenvalue weighted by Gasteiger charge is -2.05. The number of nitrogens with two attached hydrogens (primary N) is 1. The first-order valence-corrected chi connectivity index (χ1v) is 4.81. The van der Waals surface area contributed by atoms with Crippen LogP contribution in [-0.2, 0) is 9.84 Å². The topological polar surface area (TPSA) is 84.0 Å². The van der Waals surface area contributed by atoms with E-state index in [1.165, 1.54) is 6.92 Å². The van der Waals surface area contributed by atoms with Crippen molar-refractivity contribution in [2.45, 2.75) is 18.6 Å². The molecule has 0 aliphatic heterocycles. The van der Waals surface area contributed by atoms with Gasteiger partial charge in [-0.2, -0.15) is 0 Å². The maximum Gasteiger partial charge on any atom is 0.150 e. The molecule has 4 nitrogen and oxygen atoms in total. The molecule has 0 aliphatic rings. The Bertz CT molecular complexity index is 220. The molecular formula is C5H12N2O2S. The Morgan fingerprint density at radius 3 is 2.20 bits per heavy atom. The summed E-state index contributed by atoms with van der Waals surface area (Å²) >= 11 is 0. The van der Waals surface area contributed by atoms with Gasteiger partial charge in [0, 0.05) is 12.7 Å². The fraction of sp³-hybridized carbons (Fsp3) is 0.800. The minimum atomic E-state index is -3.02. The van der Waals surface area contributed by atoms with Gasteiger partial charge in [-0.05, 0) is 6.92 Å². The highest BCUT2D eigenvalue weighted by Crippen LogP contribution is 2.01. The highest BCUT2D eigenvalue weighted by molar-refractivity contribution is 7.91. The SMILES string of the molecule is C[C@@H](CC(=N)N)S(C)(=O)=O. The third-order valence-electron chi connectivity index (χ3n) is 1.24. The van der Waals surface area contributed by atoms with Crippen LogP contribution in [0.15, 0.2) is 0 Å². The minimum absolute atomic E-state index is 0.0853. The number of amidine groups is 1. The van der Waals surface area contributed by atoms with Gasteiger partial charge in [0.2, 0.25) is 0 Å². The van der Waals surface area contributed by atoms with Gasteiger partial charge in [0.25, 0.3) is 0 Å². The molecule has 3 N–H and O–H groups in total. The van der Waals surface area contributed by atoms with Crippen molar-refractivity contribution in [3.8, 4) is 0 Å². The van der Waals surface area contributed by atoms with E-state index in [2.05, 4.69) is 0 Å². The second-order valence-electron chi connectivity index (χ2n) is 2.37. The van der Waals surface area contributed by atoms with E-state index in [1.807, 2.05) is 0 Å². The van der Waals surface area contributed by atoms with E-state index in [1.54, 1.807) is 0 Å². The summed E-state index contributed by atoms with van der Waals surface area (Å²) in [5, 5.41) is 6.28. The molecule has 0 heterocycles. The van der Waals surface area contributed by atoms with Crippen LogP contribution in [0.2, 0.25) is 0 Å². The number of nitrogens with one attached hydrogen (secondary N) is 1. The molecule has 0 amide bonds. The largest absolute Gasteiger partial charge is 0.388 e. The highest BCUT2D eigenvalue weighted by atomic mass is 32.2. The molecule has 0 fully saturated rings. The third kappa shape index (κ3) is 3.45. The Morgan fingerprint density at radius 2 is 2.10 bits per heavy atom. The third-order valence-corrected chi connectivity index (χ3v) is 2.87. The second kappa shape index (κ2) is 3.01. The molecule has 0 radical (unpaired) electrons. The van der Waals surface area contributed by atoms with Gasteiger partial charge in [0.1, 0.15) is 9.84 Å². The van der Waals surface area contributed by atoms with E-state index in [4.69, 9.17) is 11.1 Å². The van der Waals surface area contributed by atoms with Crippen molar-refractivity contribution in [3.05, 3.63) is 0 Å². The smallest absolute Gasteiger partial charge is 0.150 e. The van der Waals surface area contributed by atoms with Crippen molar-refractivity contribution in [2.24, 2.45) is 5.73 Å². The Kier molecular flexibility index (Phi) is 2.83. The van der Waals surface area contributed by atoms with Gasteiger partial charge in [-0.15, -0.1) is 0 Å².